The van der Waals surface area contributed by atoms with Gasteiger partial charge in [-0.3, -0.25) is 14.3 Å². The standard InChI is InChI=1S/C10H14FN3O6/c11-3-1-14(10(19)13-8(3)18)9-5(12)7(17)6(16)4(2-15)20-9/h1,4-7,9,15-17H,2,12H2,(H,13,18,19)/t4-,5+,6+,7-,9+/m0/s1. The molecule has 1 fully saturated rings. The van der Waals surface area contributed by atoms with Gasteiger partial charge in [0.05, 0.1) is 18.8 Å². The van der Waals surface area contributed by atoms with Crippen LogP contribution >= 0.6 is 0 Å². The van der Waals surface area contributed by atoms with Gasteiger partial charge in [0.1, 0.15) is 18.3 Å². The van der Waals surface area contributed by atoms with Crippen LogP contribution in [0, 0.1) is 5.82 Å². The first kappa shape index (κ1) is 14.8. The summed E-state index contributed by atoms with van der Waals surface area (Å²) < 4.78 is 19.1. The van der Waals surface area contributed by atoms with Gasteiger partial charge in [0.15, 0.2) is 6.23 Å². The molecule has 1 aromatic heterocycles. The maximum Gasteiger partial charge on any atom is 0.330 e. The highest BCUT2D eigenvalue weighted by molar-refractivity contribution is 4.96. The second-order valence-corrected chi connectivity index (χ2v) is 4.45. The maximum absolute atomic E-state index is 13.2. The van der Waals surface area contributed by atoms with E-state index in [1.54, 1.807) is 4.98 Å². The van der Waals surface area contributed by atoms with Crippen LogP contribution in [0.1, 0.15) is 6.23 Å². The van der Waals surface area contributed by atoms with Crippen LogP contribution in [0.25, 0.3) is 0 Å². The predicted molar refractivity (Wildman–Crippen MR) is 62.3 cm³/mol. The van der Waals surface area contributed by atoms with Crippen molar-refractivity contribution in [3.63, 3.8) is 0 Å². The molecule has 1 saturated heterocycles. The normalized spacial score (nSPS) is 34.1. The molecule has 0 saturated carbocycles. The molecule has 0 aliphatic carbocycles. The van der Waals surface area contributed by atoms with E-state index in [-0.39, 0.29) is 0 Å². The summed E-state index contributed by atoms with van der Waals surface area (Å²) in [7, 11) is 0. The number of nitrogens with zero attached hydrogens (tertiary/aromatic N) is 1. The van der Waals surface area contributed by atoms with E-state index in [2.05, 4.69) is 0 Å². The number of nitrogens with two attached hydrogens (primary N) is 1. The topological polar surface area (TPSA) is 151 Å². The van der Waals surface area contributed by atoms with Gasteiger partial charge in [0, 0.05) is 0 Å². The summed E-state index contributed by atoms with van der Waals surface area (Å²) in [6.45, 7) is -0.637. The van der Waals surface area contributed by atoms with Gasteiger partial charge in [-0.1, -0.05) is 0 Å². The quantitative estimate of drug-likeness (QED) is 0.381. The molecule has 10 heteroatoms. The highest BCUT2D eigenvalue weighted by Gasteiger charge is 2.43. The first-order chi connectivity index (χ1) is 9.36. The molecule has 0 bridgehead atoms. The van der Waals surface area contributed by atoms with Crippen LogP contribution in [0.15, 0.2) is 15.8 Å². The number of aliphatic hydroxyl groups excluding tert-OH is 3. The summed E-state index contributed by atoms with van der Waals surface area (Å²) in [4.78, 5) is 24.3. The summed E-state index contributed by atoms with van der Waals surface area (Å²) in [5, 5.41) is 28.4. The molecule has 1 aromatic rings. The SMILES string of the molecule is N[C@@H]1[C@H](O)[C@H](O)[C@H](CO)O[C@H]1n1cc(F)c(=O)[nH]c1=O. The van der Waals surface area contributed by atoms with Crippen molar-refractivity contribution in [3.8, 4) is 0 Å². The molecule has 6 N–H and O–H groups in total. The summed E-state index contributed by atoms with van der Waals surface area (Å²) in [6.07, 6.45) is -4.90. The largest absolute Gasteiger partial charge is 0.394 e. The lowest BCUT2D eigenvalue weighted by Crippen LogP contribution is -2.61. The zero-order chi connectivity index (χ0) is 15.0. The Kier molecular flexibility index (Phi) is 4.01. The monoisotopic (exact) mass is 291 g/mol. The zero-order valence-electron chi connectivity index (χ0n) is 10.1. The molecule has 1 aliphatic heterocycles. The van der Waals surface area contributed by atoms with Crippen molar-refractivity contribution in [2.45, 2.75) is 30.6 Å². The second kappa shape index (κ2) is 5.42. The van der Waals surface area contributed by atoms with E-state index >= 15 is 0 Å². The van der Waals surface area contributed by atoms with Crippen LogP contribution in [0.4, 0.5) is 4.39 Å². The van der Waals surface area contributed by atoms with Gasteiger partial charge < -0.3 is 25.8 Å². The summed E-state index contributed by atoms with van der Waals surface area (Å²) in [5.41, 5.74) is 3.44. The van der Waals surface area contributed by atoms with Crippen molar-refractivity contribution < 1.29 is 24.4 Å². The van der Waals surface area contributed by atoms with Gasteiger partial charge in [-0.15, -0.1) is 0 Å². The Bertz CT molecular complexity index is 599. The van der Waals surface area contributed by atoms with Crippen LogP contribution in [-0.4, -0.2) is 55.8 Å². The highest BCUT2D eigenvalue weighted by Crippen LogP contribution is 2.25. The molecule has 9 nitrogen and oxygen atoms in total. The molecule has 2 rings (SSSR count). The highest BCUT2D eigenvalue weighted by atomic mass is 19.1. The van der Waals surface area contributed by atoms with E-state index in [9.17, 15) is 24.2 Å². The number of nitrogens with one attached hydrogen (secondary N) is 1. The lowest BCUT2D eigenvalue weighted by molar-refractivity contribution is -0.211. The molecule has 0 aromatic carbocycles. The molecule has 1 aliphatic rings. The first-order valence-corrected chi connectivity index (χ1v) is 5.75. The van der Waals surface area contributed by atoms with E-state index < -0.39 is 54.3 Å². The fourth-order valence-corrected chi connectivity index (χ4v) is 2.02. The smallest absolute Gasteiger partial charge is 0.330 e. The fraction of sp³-hybridized carbons (Fsp3) is 0.600. The number of hydrogen-bond donors (Lipinski definition) is 5. The molecule has 0 amide bonds. The third-order valence-corrected chi connectivity index (χ3v) is 3.15. The summed E-state index contributed by atoms with van der Waals surface area (Å²) in [5.74, 6) is -1.23. The Balaban J connectivity index is 2.44. The van der Waals surface area contributed by atoms with Crippen molar-refractivity contribution in [2.75, 3.05) is 6.61 Å². The number of rotatable bonds is 2. The van der Waals surface area contributed by atoms with Gasteiger partial charge in [0.2, 0.25) is 5.82 Å². The summed E-state index contributed by atoms with van der Waals surface area (Å²) in [6, 6.07) is -1.25. The predicted octanol–water partition coefficient (Wildman–Crippen LogP) is -3.39. The van der Waals surface area contributed by atoms with E-state index in [0.29, 0.717) is 10.8 Å². The van der Waals surface area contributed by atoms with Crippen molar-refractivity contribution in [1.29, 1.82) is 0 Å². The average Bonchev–Trinajstić information content (AvgIpc) is 2.41. The molecule has 2 heterocycles. The first-order valence-electron chi connectivity index (χ1n) is 5.75. The third kappa shape index (κ3) is 2.39. The number of aromatic nitrogens is 2. The summed E-state index contributed by atoms with van der Waals surface area (Å²) >= 11 is 0. The van der Waals surface area contributed by atoms with Gasteiger partial charge >= 0.3 is 5.69 Å². The average molecular weight is 291 g/mol. The molecule has 0 spiro atoms. The molecular formula is C10H14FN3O6. The lowest BCUT2D eigenvalue weighted by atomic mass is 9.97. The molecule has 112 valence electrons. The fourth-order valence-electron chi connectivity index (χ4n) is 2.02. The van der Waals surface area contributed by atoms with Gasteiger partial charge in [0.25, 0.3) is 5.56 Å². The molecular weight excluding hydrogens is 277 g/mol. The minimum atomic E-state index is -1.49. The van der Waals surface area contributed by atoms with Gasteiger partial charge in [-0.25, -0.2) is 4.79 Å². The maximum atomic E-state index is 13.2. The molecule has 0 unspecified atom stereocenters. The van der Waals surface area contributed by atoms with Crippen LogP contribution in [0.2, 0.25) is 0 Å². The second-order valence-electron chi connectivity index (χ2n) is 4.45. The lowest BCUT2D eigenvalue weighted by Gasteiger charge is -2.41. The number of ether oxygens (including phenoxy) is 1. The Hall–Kier alpha value is -1.59. The van der Waals surface area contributed by atoms with Crippen molar-refractivity contribution >= 4 is 0 Å². The van der Waals surface area contributed by atoms with Crippen LogP contribution in [0.3, 0.4) is 0 Å². The molecule has 0 radical (unpaired) electrons. The van der Waals surface area contributed by atoms with E-state index in [0.717, 1.165) is 0 Å². The van der Waals surface area contributed by atoms with Crippen molar-refractivity contribution in [3.05, 3.63) is 32.9 Å². The number of halogens is 1. The van der Waals surface area contributed by atoms with Crippen molar-refractivity contribution in [2.24, 2.45) is 5.73 Å². The van der Waals surface area contributed by atoms with Gasteiger partial charge in [-0.05, 0) is 0 Å². The Labute approximate surface area is 111 Å². The van der Waals surface area contributed by atoms with E-state index in [1.165, 1.54) is 0 Å². The number of aromatic amines is 1. The number of H-pyrrole nitrogens is 1. The molecule has 20 heavy (non-hydrogen) atoms. The van der Waals surface area contributed by atoms with Crippen LogP contribution < -0.4 is 17.0 Å². The van der Waals surface area contributed by atoms with Gasteiger partial charge in [-0.2, -0.15) is 4.39 Å². The Morgan fingerprint density at radius 2 is 2.05 bits per heavy atom. The van der Waals surface area contributed by atoms with Crippen LogP contribution in [0.5, 0.6) is 0 Å². The van der Waals surface area contributed by atoms with Crippen LogP contribution in [-0.2, 0) is 4.74 Å². The minimum absolute atomic E-state index is 0.588. The van der Waals surface area contributed by atoms with E-state index in [1.807, 2.05) is 0 Å². The minimum Gasteiger partial charge on any atom is -0.394 e. The van der Waals surface area contributed by atoms with E-state index in [4.69, 9.17) is 15.6 Å². The third-order valence-electron chi connectivity index (χ3n) is 3.15. The molecule has 5 atom stereocenters. The zero-order valence-corrected chi connectivity index (χ0v) is 10.1. The Morgan fingerprint density at radius 1 is 1.40 bits per heavy atom. The number of aliphatic hydroxyl groups is 3. The van der Waals surface area contributed by atoms with Crippen molar-refractivity contribution in [1.82, 2.24) is 9.55 Å². The number of hydrogen-bond acceptors (Lipinski definition) is 7. The Morgan fingerprint density at radius 3 is 2.65 bits per heavy atom.